The molecule has 0 aliphatic heterocycles. The van der Waals surface area contributed by atoms with Crippen molar-refractivity contribution in [2.24, 2.45) is 0 Å². The molecule has 3 rings (SSSR count). The van der Waals surface area contributed by atoms with E-state index in [2.05, 4.69) is 60.8 Å². The van der Waals surface area contributed by atoms with Gasteiger partial charge in [-0.1, -0.05) is 60.2 Å². The van der Waals surface area contributed by atoms with E-state index in [0.29, 0.717) is 6.61 Å². The van der Waals surface area contributed by atoms with E-state index in [4.69, 9.17) is 9.47 Å². The Kier molecular flexibility index (Phi) is 6.89. The average molecular weight is 361 g/mol. The van der Waals surface area contributed by atoms with Gasteiger partial charge in [0.2, 0.25) is 0 Å². The number of benzene rings is 3. The van der Waals surface area contributed by atoms with Gasteiger partial charge in [0.25, 0.3) is 0 Å². The van der Waals surface area contributed by atoms with Crippen molar-refractivity contribution < 1.29 is 9.47 Å². The van der Waals surface area contributed by atoms with Crippen molar-refractivity contribution in [1.29, 1.82) is 0 Å². The summed E-state index contributed by atoms with van der Waals surface area (Å²) < 4.78 is 11.3. The van der Waals surface area contributed by atoms with Crippen LogP contribution in [0.5, 0.6) is 11.5 Å². The van der Waals surface area contributed by atoms with E-state index in [1.54, 1.807) is 7.11 Å². The molecule has 0 spiro atoms. The van der Waals surface area contributed by atoms with Crippen molar-refractivity contribution in [2.45, 2.75) is 26.5 Å². The van der Waals surface area contributed by atoms with Gasteiger partial charge in [0.15, 0.2) is 0 Å². The standard InChI is InChI=1S/C24H27NO2/c1-19-6-5-7-21(16-19)18-27-24-9-4-3-8-22(24)17-25-15-14-20-10-12-23(26-2)13-11-20/h3-13,16,25H,14-15,17-18H2,1-2H3. The molecule has 3 aromatic carbocycles. The zero-order valence-corrected chi connectivity index (χ0v) is 16.1. The number of nitrogens with one attached hydrogen (secondary N) is 1. The van der Waals surface area contributed by atoms with E-state index in [0.717, 1.165) is 31.0 Å². The minimum absolute atomic E-state index is 0.588. The molecular weight excluding hydrogens is 334 g/mol. The zero-order valence-electron chi connectivity index (χ0n) is 16.1. The lowest BCUT2D eigenvalue weighted by Gasteiger charge is -2.13. The van der Waals surface area contributed by atoms with Gasteiger partial charge >= 0.3 is 0 Å². The lowest BCUT2D eigenvalue weighted by atomic mass is 10.1. The van der Waals surface area contributed by atoms with Crippen molar-refractivity contribution in [3.63, 3.8) is 0 Å². The highest BCUT2D eigenvalue weighted by Gasteiger charge is 2.04. The minimum Gasteiger partial charge on any atom is -0.497 e. The first kappa shape index (κ1) is 19.0. The van der Waals surface area contributed by atoms with Crippen LogP contribution >= 0.6 is 0 Å². The molecule has 3 heteroatoms. The molecule has 27 heavy (non-hydrogen) atoms. The molecular formula is C24H27NO2. The van der Waals surface area contributed by atoms with Gasteiger partial charge in [-0.3, -0.25) is 0 Å². The molecule has 0 saturated carbocycles. The second kappa shape index (κ2) is 9.79. The molecule has 0 aromatic heterocycles. The normalized spacial score (nSPS) is 10.6. The van der Waals surface area contributed by atoms with Crippen LogP contribution in [-0.2, 0) is 19.6 Å². The van der Waals surface area contributed by atoms with Crippen molar-refractivity contribution in [2.75, 3.05) is 13.7 Å². The van der Waals surface area contributed by atoms with Gasteiger partial charge in [-0.15, -0.1) is 0 Å². The highest BCUT2D eigenvalue weighted by molar-refractivity contribution is 5.34. The molecule has 0 fully saturated rings. The van der Waals surface area contributed by atoms with Gasteiger partial charge in [0.05, 0.1) is 7.11 Å². The average Bonchev–Trinajstić information content (AvgIpc) is 2.71. The Morgan fingerprint density at radius 3 is 2.44 bits per heavy atom. The Bertz CT molecular complexity index is 843. The maximum atomic E-state index is 6.07. The number of methoxy groups -OCH3 is 1. The van der Waals surface area contributed by atoms with Crippen LogP contribution in [0.25, 0.3) is 0 Å². The minimum atomic E-state index is 0.588. The first-order valence-corrected chi connectivity index (χ1v) is 9.34. The molecule has 0 atom stereocenters. The SMILES string of the molecule is COc1ccc(CCNCc2ccccc2OCc2cccc(C)c2)cc1. The number of ether oxygens (including phenoxy) is 2. The summed E-state index contributed by atoms with van der Waals surface area (Å²) in [7, 11) is 1.69. The predicted octanol–water partition coefficient (Wildman–Crippen LogP) is 4.91. The lowest BCUT2D eigenvalue weighted by molar-refractivity contribution is 0.302. The molecule has 3 nitrogen and oxygen atoms in total. The molecule has 140 valence electrons. The molecule has 1 N–H and O–H groups in total. The van der Waals surface area contributed by atoms with E-state index in [1.165, 1.54) is 22.3 Å². The molecule has 0 unspecified atom stereocenters. The Morgan fingerprint density at radius 1 is 0.852 bits per heavy atom. The Balaban J connectivity index is 1.49. The van der Waals surface area contributed by atoms with E-state index < -0.39 is 0 Å². The fourth-order valence-corrected chi connectivity index (χ4v) is 3.00. The van der Waals surface area contributed by atoms with Crippen molar-refractivity contribution in [3.05, 3.63) is 95.1 Å². The number of aryl methyl sites for hydroxylation is 1. The van der Waals surface area contributed by atoms with Crippen LogP contribution in [0, 0.1) is 6.92 Å². The Morgan fingerprint density at radius 2 is 1.67 bits per heavy atom. The third-order valence-corrected chi connectivity index (χ3v) is 4.51. The maximum absolute atomic E-state index is 6.07. The number of rotatable bonds is 9. The monoisotopic (exact) mass is 361 g/mol. The third kappa shape index (κ3) is 5.87. The summed E-state index contributed by atoms with van der Waals surface area (Å²) in [5, 5.41) is 3.52. The molecule has 0 amide bonds. The van der Waals surface area contributed by atoms with Gasteiger partial charge < -0.3 is 14.8 Å². The zero-order chi connectivity index (χ0) is 18.9. The van der Waals surface area contributed by atoms with Crippen molar-refractivity contribution in [1.82, 2.24) is 5.32 Å². The highest BCUT2D eigenvalue weighted by atomic mass is 16.5. The van der Waals surface area contributed by atoms with Gasteiger partial charge in [0.1, 0.15) is 18.1 Å². The summed E-state index contributed by atoms with van der Waals surface area (Å²) in [5.41, 5.74) is 4.93. The summed E-state index contributed by atoms with van der Waals surface area (Å²) in [6.07, 6.45) is 0.982. The van der Waals surface area contributed by atoms with Crippen LogP contribution < -0.4 is 14.8 Å². The second-order valence-electron chi connectivity index (χ2n) is 6.66. The summed E-state index contributed by atoms with van der Waals surface area (Å²) >= 11 is 0. The van der Waals surface area contributed by atoms with Gasteiger partial charge in [-0.2, -0.15) is 0 Å². The van der Waals surface area contributed by atoms with Gasteiger partial charge in [0, 0.05) is 12.1 Å². The fraction of sp³-hybridized carbons (Fsp3) is 0.250. The van der Waals surface area contributed by atoms with E-state index in [9.17, 15) is 0 Å². The van der Waals surface area contributed by atoms with Crippen LogP contribution in [-0.4, -0.2) is 13.7 Å². The molecule has 0 saturated heterocycles. The third-order valence-electron chi connectivity index (χ3n) is 4.51. The van der Waals surface area contributed by atoms with Crippen molar-refractivity contribution >= 4 is 0 Å². The first-order chi connectivity index (χ1) is 13.2. The fourth-order valence-electron chi connectivity index (χ4n) is 3.00. The topological polar surface area (TPSA) is 30.5 Å². The second-order valence-corrected chi connectivity index (χ2v) is 6.66. The summed E-state index contributed by atoms with van der Waals surface area (Å²) in [6, 6.07) is 24.9. The summed E-state index contributed by atoms with van der Waals surface area (Å²) in [5.74, 6) is 1.84. The van der Waals surface area contributed by atoms with Crippen LogP contribution in [0.3, 0.4) is 0 Å². The summed E-state index contributed by atoms with van der Waals surface area (Å²) in [6.45, 7) is 4.40. The maximum Gasteiger partial charge on any atom is 0.124 e. The van der Waals surface area contributed by atoms with E-state index in [1.807, 2.05) is 24.3 Å². The van der Waals surface area contributed by atoms with Crippen LogP contribution in [0.1, 0.15) is 22.3 Å². The van der Waals surface area contributed by atoms with E-state index in [-0.39, 0.29) is 0 Å². The highest BCUT2D eigenvalue weighted by Crippen LogP contribution is 2.19. The predicted molar refractivity (Wildman–Crippen MR) is 110 cm³/mol. The number of hydrogen-bond acceptors (Lipinski definition) is 3. The number of para-hydroxylation sites is 1. The van der Waals surface area contributed by atoms with Crippen LogP contribution in [0.4, 0.5) is 0 Å². The van der Waals surface area contributed by atoms with Crippen molar-refractivity contribution in [3.8, 4) is 11.5 Å². The van der Waals surface area contributed by atoms with Gasteiger partial charge in [-0.25, -0.2) is 0 Å². The molecule has 0 heterocycles. The molecule has 3 aromatic rings. The van der Waals surface area contributed by atoms with E-state index >= 15 is 0 Å². The first-order valence-electron chi connectivity index (χ1n) is 9.34. The molecule has 0 radical (unpaired) electrons. The molecule has 0 aliphatic rings. The van der Waals surface area contributed by atoms with Crippen LogP contribution in [0.15, 0.2) is 72.8 Å². The quantitative estimate of drug-likeness (QED) is 0.549. The van der Waals surface area contributed by atoms with Crippen LogP contribution in [0.2, 0.25) is 0 Å². The number of hydrogen-bond donors (Lipinski definition) is 1. The molecule has 0 aliphatic carbocycles. The Hall–Kier alpha value is -2.78. The summed E-state index contributed by atoms with van der Waals surface area (Å²) in [4.78, 5) is 0. The van der Waals surface area contributed by atoms with Gasteiger partial charge in [-0.05, 0) is 49.2 Å². The molecule has 0 bridgehead atoms. The Labute approximate surface area is 162 Å². The smallest absolute Gasteiger partial charge is 0.124 e. The largest absolute Gasteiger partial charge is 0.497 e. The lowest BCUT2D eigenvalue weighted by Crippen LogP contribution is -2.17.